The van der Waals surface area contributed by atoms with E-state index >= 15 is 0 Å². The summed E-state index contributed by atoms with van der Waals surface area (Å²) >= 11 is 1.66. The zero-order chi connectivity index (χ0) is 18.2. The molecule has 0 saturated heterocycles. The van der Waals surface area contributed by atoms with E-state index in [1.807, 2.05) is 19.9 Å². The van der Waals surface area contributed by atoms with Crippen LogP contribution >= 0.6 is 11.8 Å². The van der Waals surface area contributed by atoms with Gasteiger partial charge in [0.15, 0.2) is 6.61 Å². The van der Waals surface area contributed by atoms with Gasteiger partial charge in [0.05, 0.1) is 5.56 Å². The first kappa shape index (κ1) is 18.9. The first-order chi connectivity index (χ1) is 12.0. The molecule has 1 amide bonds. The smallest absolute Gasteiger partial charge is 0.340 e. The number of nitrogens with two attached hydrogens (primary N) is 1. The molecule has 0 radical (unpaired) electrons. The molecule has 0 heterocycles. The molecule has 0 atom stereocenters. The average molecular weight is 358 g/mol. The molecule has 0 bridgehead atoms. The first-order valence-electron chi connectivity index (χ1n) is 7.96. The van der Waals surface area contributed by atoms with E-state index in [9.17, 15) is 9.59 Å². The van der Waals surface area contributed by atoms with E-state index in [-0.39, 0.29) is 18.1 Å². The Morgan fingerprint density at radius 1 is 1.12 bits per heavy atom. The van der Waals surface area contributed by atoms with E-state index < -0.39 is 5.97 Å². The molecule has 6 heteroatoms. The van der Waals surface area contributed by atoms with Crippen molar-refractivity contribution in [3.63, 3.8) is 0 Å². The van der Waals surface area contributed by atoms with E-state index in [0.29, 0.717) is 12.2 Å². The van der Waals surface area contributed by atoms with E-state index in [2.05, 4.69) is 29.6 Å². The number of para-hydroxylation sites is 1. The SMILES string of the molecule is Cc1ccc(SCCNC(=O)COC(=O)c2cccc(C)c2N)cc1. The summed E-state index contributed by atoms with van der Waals surface area (Å²) in [7, 11) is 0. The fourth-order valence-electron chi connectivity index (χ4n) is 2.11. The van der Waals surface area contributed by atoms with Crippen LogP contribution in [0, 0.1) is 13.8 Å². The Bertz CT molecular complexity index is 745. The largest absolute Gasteiger partial charge is 0.452 e. The van der Waals surface area contributed by atoms with Gasteiger partial charge in [-0.1, -0.05) is 29.8 Å². The van der Waals surface area contributed by atoms with Gasteiger partial charge >= 0.3 is 5.97 Å². The zero-order valence-electron chi connectivity index (χ0n) is 14.4. The monoisotopic (exact) mass is 358 g/mol. The van der Waals surface area contributed by atoms with E-state index in [1.165, 1.54) is 5.56 Å². The molecule has 25 heavy (non-hydrogen) atoms. The molecule has 0 spiro atoms. The molecule has 2 aromatic carbocycles. The van der Waals surface area contributed by atoms with Gasteiger partial charge in [-0.2, -0.15) is 0 Å². The fourth-order valence-corrected chi connectivity index (χ4v) is 2.88. The number of carbonyl (C=O) groups excluding carboxylic acids is 2. The Labute approximate surface area is 151 Å². The zero-order valence-corrected chi connectivity index (χ0v) is 15.2. The summed E-state index contributed by atoms with van der Waals surface area (Å²) in [4.78, 5) is 24.9. The highest BCUT2D eigenvalue weighted by atomic mass is 32.2. The van der Waals surface area contributed by atoms with Gasteiger partial charge in [0, 0.05) is 22.9 Å². The second kappa shape index (κ2) is 9.13. The number of aryl methyl sites for hydroxylation is 2. The predicted octanol–water partition coefficient (Wildman–Crippen LogP) is 2.95. The number of ether oxygens (including phenoxy) is 1. The average Bonchev–Trinajstić information content (AvgIpc) is 2.60. The minimum atomic E-state index is -0.592. The van der Waals surface area contributed by atoms with Gasteiger partial charge in [0.2, 0.25) is 0 Å². The van der Waals surface area contributed by atoms with Crippen LogP contribution in [0.25, 0.3) is 0 Å². The maximum absolute atomic E-state index is 12.0. The van der Waals surface area contributed by atoms with E-state index in [1.54, 1.807) is 23.9 Å². The second-order valence-electron chi connectivity index (χ2n) is 5.62. The molecule has 2 rings (SSSR count). The number of esters is 1. The van der Waals surface area contributed by atoms with Crippen LogP contribution in [0.1, 0.15) is 21.5 Å². The minimum absolute atomic E-state index is 0.280. The van der Waals surface area contributed by atoms with Crippen molar-refractivity contribution < 1.29 is 14.3 Å². The van der Waals surface area contributed by atoms with Gasteiger partial charge < -0.3 is 15.8 Å². The van der Waals surface area contributed by atoms with E-state index in [4.69, 9.17) is 10.5 Å². The van der Waals surface area contributed by atoms with Crippen LogP contribution < -0.4 is 11.1 Å². The minimum Gasteiger partial charge on any atom is -0.452 e. The summed E-state index contributed by atoms with van der Waals surface area (Å²) in [6.07, 6.45) is 0. The molecular formula is C19H22N2O3S. The summed E-state index contributed by atoms with van der Waals surface area (Å²) in [5.41, 5.74) is 8.52. The van der Waals surface area contributed by atoms with Crippen LogP contribution in [-0.2, 0) is 9.53 Å². The molecule has 0 aliphatic carbocycles. The lowest BCUT2D eigenvalue weighted by molar-refractivity contribution is -0.124. The maximum atomic E-state index is 12.0. The number of hydrogen-bond donors (Lipinski definition) is 2. The van der Waals surface area contributed by atoms with Crippen molar-refractivity contribution in [1.29, 1.82) is 0 Å². The lowest BCUT2D eigenvalue weighted by Gasteiger charge is -2.09. The molecule has 0 aliphatic rings. The van der Waals surface area contributed by atoms with Crippen molar-refractivity contribution in [1.82, 2.24) is 5.32 Å². The molecule has 2 aromatic rings. The normalized spacial score (nSPS) is 10.3. The Morgan fingerprint density at radius 2 is 1.84 bits per heavy atom. The van der Waals surface area contributed by atoms with Crippen LogP contribution in [0.3, 0.4) is 0 Å². The highest BCUT2D eigenvalue weighted by Gasteiger charge is 2.13. The summed E-state index contributed by atoms with van der Waals surface area (Å²) in [6, 6.07) is 13.3. The van der Waals surface area contributed by atoms with Crippen LogP contribution in [0.4, 0.5) is 5.69 Å². The van der Waals surface area contributed by atoms with Crippen molar-refractivity contribution >= 4 is 29.3 Å². The molecule has 0 aromatic heterocycles. The number of thioether (sulfide) groups is 1. The van der Waals surface area contributed by atoms with Crippen molar-refractivity contribution in [3.8, 4) is 0 Å². The topological polar surface area (TPSA) is 81.4 Å². The fraction of sp³-hybridized carbons (Fsp3) is 0.263. The van der Waals surface area contributed by atoms with Crippen LogP contribution in [0.15, 0.2) is 47.4 Å². The number of hydrogen-bond acceptors (Lipinski definition) is 5. The number of nitrogen functional groups attached to an aromatic ring is 1. The number of rotatable bonds is 7. The molecule has 0 fully saturated rings. The molecule has 5 nitrogen and oxygen atoms in total. The van der Waals surface area contributed by atoms with Crippen molar-refractivity contribution in [2.75, 3.05) is 24.6 Å². The van der Waals surface area contributed by atoms with Crippen LogP contribution in [0.5, 0.6) is 0 Å². The van der Waals surface area contributed by atoms with Gasteiger partial charge in [-0.15, -0.1) is 11.8 Å². The standard InChI is InChI=1S/C19H22N2O3S/c1-13-6-8-15(9-7-13)25-11-10-21-17(22)12-24-19(23)16-5-3-4-14(2)18(16)20/h3-9H,10-12,20H2,1-2H3,(H,21,22). The third-order valence-electron chi connectivity index (χ3n) is 3.59. The van der Waals surface area contributed by atoms with Gasteiger partial charge in [-0.25, -0.2) is 4.79 Å². The van der Waals surface area contributed by atoms with Crippen molar-refractivity contribution in [3.05, 3.63) is 59.2 Å². The molecule has 0 saturated carbocycles. The lowest BCUT2D eigenvalue weighted by Crippen LogP contribution is -2.30. The molecule has 3 N–H and O–H groups in total. The summed E-state index contributed by atoms with van der Waals surface area (Å²) in [5.74, 6) is -0.178. The van der Waals surface area contributed by atoms with Gasteiger partial charge in [-0.3, -0.25) is 4.79 Å². The second-order valence-corrected chi connectivity index (χ2v) is 6.79. The number of nitrogens with one attached hydrogen (secondary N) is 1. The third kappa shape index (κ3) is 5.83. The van der Waals surface area contributed by atoms with Gasteiger partial charge in [0.1, 0.15) is 0 Å². The van der Waals surface area contributed by atoms with Gasteiger partial charge in [-0.05, 0) is 37.6 Å². The Morgan fingerprint density at radius 3 is 2.56 bits per heavy atom. The number of carbonyl (C=O) groups is 2. The first-order valence-corrected chi connectivity index (χ1v) is 8.94. The highest BCUT2D eigenvalue weighted by Crippen LogP contribution is 2.18. The quantitative estimate of drug-likeness (QED) is 0.344. The molecule has 0 aliphatic heterocycles. The predicted molar refractivity (Wildman–Crippen MR) is 101 cm³/mol. The molecular weight excluding hydrogens is 336 g/mol. The van der Waals surface area contributed by atoms with Gasteiger partial charge in [0.25, 0.3) is 5.91 Å². The lowest BCUT2D eigenvalue weighted by atomic mass is 10.1. The highest BCUT2D eigenvalue weighted by molar-refractivity contribution is 7.99. The summed E-state index contributed by atoms with van der Waals surface area (Å²) < 4.78 is 5.02. The number of anilines is 1. The van der Waals surface area contributed by atoms with Crippen molar-refractivity contribution in [2.45, 2.75) is 18.7 Å². The summed E-state index contributed by atoms with van der Waals surface area (Å²) in [6.45, 7) is 4.04. The molecule has 0 unspecified atom stereocenters. The van der Waals surface area contributed by atoms with E-state index in [0.717, 1.165) is 16.2 Å². The van der Waals surface area contributed by atoms with Crippen LogP contribution in [0.2, 0.25) is 0 Å². The molecule has 132 valence electrons. The number of benzene rings is 2. The Balaban J connectivity index is 1.69. The summed E-state index contributed by atoms with van der Waals surface area (Å²) in [5, 5.41) is 2.73. The maximum Gasteiger partial charge on any atom is 0.340 e. The number of amides is 1. The van der Waals surface area contributed by atoms with Crippen molar-refractivity contribution in [2.24, 2.45) is 0 Å². The van der Waals surface area contributed by atoms with Crippen LogP contribution in [-0.4, -0.2) is 30.8 Å². The Kier molecular flexibility index (Phi) is 6.89. The Hall–Kier alpha value is -2.47. The third-order valence-corrected chi connectivity index (χ3v) is 4.61.